The fourth-order valence-electron chi connectivity index (χ4n) is 2.81. The minimum Gasteiger partial charge on any atom is -0.354 e. The molecule has 138 valence electrons. The number of hydrazone groups is 1. The number of benzene rings is 1. The molecule has 7 nitrogen and oxygen atoms in total. The van der Waals surface area contributed by atoms with Gasteiger partial charge in [-0.15, -0.1) is 0 Å². The normalized spacial score (nSPS) is 16.9. The monoisotopic (exact) mass is 356 g/mol. The van der Waals surface area contributed by atoms with Gasteiger partial charge in [0.25, 0.3) is 5.91 Å². The predicted octanol–water partition coefficient (Wildman–Crippen LogP) is 1.43. The zero-order valence-electron chi connectivity index (χ0n) is 15.2. The Morgan fingerprint density at radius 1 is 1.15 bits per heavy atom. The van der Waals surface area contributed by atoms with Crippen LogP contribution in [0.5, 0.6) is 0 Å². The molecule has 7 heteroatoms. The van der Waals surface area contributed by atoms with Crippen LogP contribution in [-0.2, 0) is 14.4 Å². The molecule has 0 bridgehead atoms. The van der Waals surface area contributed by atoms with Gasteiger partial charge < -0.3 is 10.6 Å². The van der Waals surface area contributed by atoms with Gasteiger partial charge >= 0.3 is 0 Å². The van der Waals surface area contributed by atoms with E-state index < -0.39 is 0 Å². The summed E-state index contributed by atoms with van der Waals surface area (Å²) in [6.45, 7) is 4.60. The number of rotatable bonds is 6. The molecule has 2 N–H and O–H groups in total. The van der Waals surface area contributed by atoms with Crippen LogP contribution in [0.1, 0.15) is 36.8 Å². The Balaban J connectivity index is 1.61. The number of anilines is 1. The lowest BCUT2D eigenvalue weighted by molar-refractivity contribution is -0.122. The molecule has 0 saturated heterocycles. The van der Waals surface area contributed by atoms with Crippen molar-refractivity contribution in [1.82, 2.24) is 10.6 Å². The molecule has 1 fully saturated rings. The van der Waals surface area contributed by atoms with Crippen LogP contribution < -0.4 is 15.6 Å². The number of amides is 3. The van der Waals surface area contributed by atoms with Crippen LogP contribution in [0.3, 0.4) is 0 Å². The first-order chi connectivity index (χ1) is 12.5. The van der Waals surface area contributed by atoms with E-state index in [2.05, 4.69) is 15.7 Å². The van der Waals surface area contributed by atoms with E-state index in [0.29, 0.717) is 30.9 Å². The van der Waals surface area contributed by atoms with Gasteiger partial charge in [0, 0.05) is 31.8 Å². The molecule has 0 spiro atoms. The van der Waals surface area contributed by atoms with E-state index in [1.807, 2.05) is 32.0 Å². The number of hydrogen-bond donors (Lipinski definition) is 2. The largest absolute Gasteiger partial charge is 0.354 e. The average Bonchev–Trinajstić information content (AvgIpc) is 3.46. The zero-order valence-corrected chi connectivity index (χ0v) is 15.2. The third-order valence-electron chi connectivity index (χ3n) is 4.55. The van der Waals surface area contributed by atoms with E-state index in [-0.39, 0.29) is 30.1 Å². The van der Waals surface area contributed by atoms with Gasteiger partial charge in [-0.05, 0) is 43.9 Å². The molecule has 0 unspecified atom stereocenters. The summed E-state index contributed by atoms with van der Waals surface area (Å²) in [6, 6.07) is 5.80. The highest BCUT2D eigenvalue weighted by molar-refractivity contribution is 6.40. The quantitative estimate of drug-likeness (QED) is 0.756. The molecule has 3 rings (SSSR count). The fourth-order valence-corrected chi connectivity index (χ4v) is 2.81. The van der Waals surface area contributed by atoms with Gasteiger partial charge in [-0.3, -0.25) is 14.4 Å². The van der Waals surface area contributed by atoms with Crippen LogP contribution in [0.4, 0.5) is 5.69 Å². The lowest BCUT2D eigenvalue weighted by Gasteiger charge is -2.24. The van der Waals surface area contributed by atoms with E-state index >= 15 is 0 Å². The molecule has 1 aliphatic carbocycles. The molecule has 0 aromatic heterocycles. The summed E-state index contributed by atoms with van der Waals surface area (Å²) < 4.78 is 0. The van der Waals surface area contributed by atoms with Gasteiger partial charge in [0.15, 0.2) is 0 Å². The average molecular weight is 356 g/mol. The predicted molar refractivity (Wildman–Crippen MR) is 98.8 cm³/mol. The van der Waals surface area contributed by atoms with Crippen molar-refractivity contribution in [2.45, 2.75) is 39.5 Å². The summed E-state index contributed by atoms with van der Waals surface area (Å²) in [5.41, 5.74) is 2.99. The lowest BCUT2D eigenvalue weighted by atomic mass is 10.1. The Morgan fingerprint density at radius 2 is 1.88 bits per heavy atom. The number of carbonyl (C=O) groups excluding carboxylic acids is 3. The second kappa shape index (κ2) is 7.68. The third-order valence-corrected chi connectivity index (χ3v) is 4.55. The first kappa shape index (κ1) is 18.1. The first-order valence-corrected chi connectivity index (χ1v) is 8.99. The van der Waals surface area contributed by atoms with Crippen molar-refractivity contribution in [3.05, 3.63) is 29.3 Å². The molecule has 1 saturated carbocycles. The maximum absolute atomic E-state index is 12.3. The summed E-state index contributed by atoms with van der Waals surface area (Å²) in [6.07, 6.45) is 2.48. The van der Waals surface area contributed by atoms with Crippen LogP contribution in [0.25, 0.3) is 0 Å². The van der Waals surface area contributed by atoms with Crippen molar-refractivity contribution in [2.24, 2.45) is 11.0 Å². The summed E-state index contributed by atoms with van der Waals surface area (Å²) in [5.74, 6) is -0.202. The van der Waals surface area contributed by atoms with E-state index in [1.54, 1.807) is 0 Å². The van der Waals surface area contributed by atoms with Gasteiger partial charge in [-0.25, -0.2) is 5.01 Å². The molecule has 1 heterocycles. The number of aryl methyl sites for hydroxylation is 2. The number of hydrogen-bond acceptors (Lipinski definition) is 4. The summed E-state index contributed by atoms with van der Waals surface area (Å²) in [5, 5.41) is 11.2. The summed E-state index contributed by atoms with van der Waals surface area (Å²) in [7, 11) is 0. The lowest BCUT2D eigenvalue weighted by Crippen LogP contribution is -2.42. The van der Waals surface area contributed by atoms with Crippen molar-refractivity contribution in [1.29, 1.82) is 0 Å². The van der Waals surface area contributed by atoms with Crippen molar-refractivity contribution >= 4 is 29.1 Å². The SMILES string of the molecule is Cc1ccc(C)c(N2N=C(C(=O)NCCNC(=O)C3CC3)CCC2=O)c1. The number of carbonyl (C=O) groups is 3. The molecule has 1 aromatic rings. The maximum Gasteiger partial charge on any atom is 0.267 e. The molecule has 3 amide bonds. The number of nitrogens with zero attached hydrogens (tertiary/aromatic N) is 2. The van der Waals surface area contributed by atoms with Crippen molar-refractivity contribution < 1.29 is 14.4 Å². The van der Waals surface area contributed by atoms with Gasteiger partial charge in [-0.1, -0.05) is 12.1 Å². The molecule has 1 aromatic carbocycles. The highest BCUT2D eigenvalue weighted by Gasteiger charge is 2.29. The fraction of sp³-hybridized carbons (Fsp3) is 0.474. The second-order valence-corrected chi connectivity index (χ2v) is 6.86. The molecule has 0 radical (unpaired) electrons. The third kappa shape index (κ3) is 4.28. The van der Waals surface area contributed by atoms with Crippen LogP contribution in [-0.4, -0.2) is 36.5 Å². The molecule has 0 atom stereocenters. The van der Waals surface area contributed by atoms with Gasteiger partial charge in [0.2, 0.25) is 11.8 Å². The van der Waals surface area contributed by atoms with Crippen LogP contribution in [0, 0.1) is 19.8 Å². The van der Waals surface area contributed by atoms with Gasteiger partial charge in [-0.2, -0.15) is 5.10 Å². The molecule has 2 aliphatic rings. The molecule has 1 aliphatic heterocycles. The highest BCUT2D eigenvalue weighted by atomic mass is 16.2. The maximum atomic E-state index is 12.3. The number of nitrogens with one attached hydrogen (secondary N) is 2. The van der Waals surface area contributed by atoms with Crippen LogP contribution in [0.15, 0.2) is 23.3 Å². The summed E-state index contributed by atoms with van der Waals surface area (Å²) in [4.78, 5) is 36.2. The zero-order chi connectivity index (χ0) is 18.7. The van der Waals surface area contributed by atoms with Crippen LogP contribution >= 0.6 is 0 Å². The Labute approximate surface area is 152 Å². The minimum atomic E-state index is -0.298. The Morgan fingerprint density at radius 3 is 2.62 bits per heavy atom. The van der Waals surface area contributed by atoms with Crippen molar-refractivity contribution in [3.63, 3.8) is 0 Å². The van der Waals surface area contributed by atoms with Crippen LogP contribution in [0.2, 0.25) is 0 Å². The molecule has 26 heavy (non-hydrogen) atoms. The topological polar surface area (TPSA) is 90.9 Å². The Hall–Kier alpha value is -2.70. The van der Waals surface area contributed by atoms with E-state index in [0.717, 1.165) is 24.0 Å². The minimum absolute atomic E-state index is 0.0564. The second-order valence-electron chi connectivity index (χ2n) is 6.86. The highest BCUT2D eigenvalue weighted by Crippen LogP contribution is 2.28. The smallest absolute Gasteiger partial charge is 0.267 e. The Kier molecular flexibility index (Phi) is 5.35. The van der Waals surface area contributed by atoms with Gasteiger partial charge in [0.05, 0.1) is 5.69 Å². The molecular formula is C19H24N4O3. The molecular weight excluding hydrogens is 332 g/mol. The van der Waals surface area contributed by atoms with Crippen molar-refractivity contribution in [3.8, 4) is 0 Å². The first-order valence-electron chi connectivity index (χ1n) is 8.99. The van der Waals surface area contributed by atoms with Crippen molar-refractivity contribution in [2.75, 3.05) is 18.1 Å². The standard InChI is InChI=1S/C19H24N4O3/c1-12-3-4-13(2)16(11-12)23-17(24)8-7-15(22-23)19(26)21-10-9-20-18(25)14-5-6-14/h3-4,11,14H,5-10H2,1-2H3,(H,20,25)(H,21,26). The van der Waals surface area contributed by atoms with E-state index in [9.17, 15) is 14.4 Å². The Bertz CT molecular complexity index is 768. The van der Waals surface area contributed by atoms with E-state index in [4.69, 9.17) is 0 Å². The van der Waals surface area contributed by atoms with E-state index in [1.165, 1.54) is 5.01 Å². The summed E-state index contributed by atoms with van der Waals surface area (Å²) >= 11 is 0. The van der Waals surface area contributed by atoms with Gasteiger partial charge in [0.1, 0.15) is 5.71 Å².